The van der Waals surface area contributed by atoms with Crippen molar-refractivity contribution in [2.75, 3.05) is 13.7 Å². The Morgan fingerprint density at radius 2 is 1.73 bits per heavy atom. The molecule has 1 saturated heterocycles. The maximum atomic E-state index is 12.4. The number of methoxy groups -OCH3 is 1. The van der Waals surface area contributed by atoms with Crippen LogP contribution in [-0.4, -0.2) is 24.5 Å². The van der Waals surface area contributed by atoms with Gasteiger partial charge in [-0.3, -0.25) is 4.90 Å². The molecule has 2 aromatic rings. The molecule has 1 fully saturated rings. The minimum atomic E-state index is -0.334. The minimum Gasteiger partial charge on any atom is -0.468 e. The van der Waals surface area contributed by atoms with Crippen LogP contribution in [0.2, 0.25) is 0 Å². The molecule has 3 rings (SSSR count). The molecule has 0 amide bonds. The molecule has 0 N–H and O–H groups in total. The van der Waals surface area contributed by atoms with Crippen LogP contribution >= 0.6 is 0 Å². The number of esters is 1. The zero-order valence-electron chi connectivity index (χ0n) is 12.8. The number of hydrogen-bond acceptors (Lipinski definition) is 3. The largest absolute Gasteiger partial charge is 0.468 e. The van der Waals surface area contributed by atoms with Gasteiger partial charge in [0, 0.05) is 6.04 Å². The lowest BCUT2D eigenvalue weighted by Crippen LogP contribution is -2.34. The fourth-order valence-electron chi connectivity index (χ4n) is 3.34. The van der Waals surface area contributed by atoms with Crippen LogP contribution in [0.1, 0.15) is 36.1 Å². The molecule has 3 nitrogen and oxygen atoms in total. The first-order valence-corrected chi connectivity index (χ1v) is 7.74. The van der Waals surface area contributed by atoms with Crippen molar-refractivity contribution in [2.45, 2.75) is 24.9 Å². The molecular weight excluding hydrogens is 274 g/mol. The summed E-state index contributed by atoms with van der Waals surface area (Å²) in [5, 5.41) is 0. The highest BCUT2D eigenvalue weighted by Crippen LogP contribution is 2.39. The molecule has 2 aromatic carbocycles. The molecule has 3 heteroatoms. The van der Waals surface area contributed by atoms with E-state index < -0.39 is 0 Å². The van der Waals surface area contributed by atoms with Gasteiger partial charge in [-0.15, -0.1) is 0 Å². The number of likely N-dealkylation sites (tertiary alicyclic amines) is 1. The van der Waals surface area contributed by atoms with E-state index in [1.54, 1.807) is 0 Å². The predicted molar refractivity (Wildman–Crippen MR) is 86.3 cm³/mol. The first-order chi connectivity index (χ1) is 10.8. The molecule has 0 spiro atoms. The number of ether oxygens (including phenoxy) is 1. The van der Waals surface area contributed by atoms with Gasteiger partial charge in [0.1, 0.15) is 6.04 Å². The third-order valence-corrected chi connectivity index (χ3v) is 4.35. The average Bonchev–Trinajstić information content (AvgIpc) is 3.06. The van der Waals surface area contributed by atoms with E-state index in [9.17, 15) is 4.79 Å². The van der Waals surface area contributed by atoms with Crippen molar-refractivity contribution in [1.29, 1.82) is 0 Å². The predicted octanol–water partition coefficient (Wildman–Crippen LogP) is 3.74. The molecule has 0 aliphatic carbocycles. The molecule has 2 atom stereocenters. The molecule has 1 aliphatic heterocycles. The monoisotopic (exact) mass is 295 g/mol. The zero-order valence-corrected chi connectivity index (χ0v) is 12.8. The molecule has 1 heterocycles. The number of carbonyl (C=O) groups is 1. The van der Waals surface area contributed by atoms with Gasteiger partial charge in [0.25, 0.3) is 0 Å². The third-order valence-electron chi connectivity index (χ3n) is 4.35. The van der Waals surface area contributed by atoms with E-state index in [0.29, 0.717) is 0 Å². The molecule has 0 bridgehead atoms. The summed E-state index contributed by atoms with van der Waals surface area (Å²) in [5.41, 5.74) is 2.27. The van der Waals surface area contributed by atoms with Crippen molar-refractivity contribution < 1.29 is 9.53 Å². The van der Waals surface area contributed by atoms with Crippen LogP contribution in [0.4, 0.5) is 0 Å². The standard InChI is InChI=1S/C19H21NO2/c1-22-19(21)18(16-11-6-3-7-12-16)20-14-8-13-17(20)15-9-4-2-5-10-15/h2-7,9-12,17-18H,8,13-14H2,1H3/t17-,18+/m0/s1. The minimum absolute atomic E-state index is 0.186. The van der Waals surface area contributed by atoms with Crippen LogP contribution in [0.5, 0.6) is 0 Å². The molecule has 0 unspecified atom stereocenters. The molecule has 0 aromatic heterocycles. The molecular formula is C19H21NO2. The maximum absolute atomic E-state index is 12.4. The number of nitrogens with zero attached hydrogens (tertiary/aromatic N) is 1. The molecule has 0 radical (unpaired) electrons. The van der Waals surface area contributed by atoms with Crippen LogP contribution in [-0.2, 0) is 9.53 Å². The SMILES string of the molecule is COC(=O)[C@@H](c1ccccc1)N1CCC[C@H]1c1ccccc1. The van der Waals surface area contributed by atoms with Crippen LogP contribution in [0, 0.1) is 0 Å². The summed E-state index contributed by atoms with van der Waals surface area (Å²) in [6, 6.07) is 20.3. The van der Waals surface area contributed by atoms with Gasteiger partial charge in [-0.1, -0.05) is 60.7 Å². The number of benzene rings is 2. The van der Waals surface area contributed by atoms with Crippen LogP contribution in [0.25, 0.3) is 0 Å². The van der Waals surface area contributed by atoms with Crippen LogP contribution in [0.3, 0.4) is 0 Å². The normalized spacial score (nSPS) is 19.8. The van der Waals surface area contributed by atoms with Crippen molar-refractivity contribution in [1.82, 2.24) is 4.90 Å². The average molecular weight is 295 g/mol. The smallest absolute Gasteiger partial charge is 0.327 e. The fraction of sp³-hybridized carbons (Fsp3) is 0.316. The van der Waals surface area contributed by atoms with E-state index >= 15 is 0 Å². The van der Waals surface area contributed by atoms with Gasteiger partial charge in [0.15, 0.2) is 0 Å². The zero-order chi connectivity index (χ0) is 15.4. The summed E-state index contributed by atoms with van der Waals surface area (Å²) >= 11 is 0. The van der Waals surface area contributed by atoms with Crippen molar-refractivity contribution >= 4 is 5.97 Å². The second kappa shape index (κ2) is 6.75. The van der Waals surface area contributed by atoms with E-state index in [1.807, 2.05) is 36.4 Å². The Morgan fingerprint density at radius 1 is 1.09 bits per heavy atom. The Balaban J connectivity index is 1.95. The van der Waals surface area contributed by atoms with E-state index in [0.717, 1.165) is 24.9 Å². The third kappa shape index (κ3) is 2.90. The quantitative estimate of drug-likeness (QED) is 0.805. The lowest BCUT2D eigenvalue weighted by Gasteiger charge is -2.31. The maximum Gasteiger partial charge on any atom is 0.327 e. The second-order valence-corrected chi connectivity index (χ2v) is 5.64. The molecule has 1 aliphatic rings. The Morgan fingerprint density at radius 3 is 2.36 bits per heavy atom. The fourth-order valence-corrected chi connectivity index (χ4v) is 3.34. The van der Waals surface area contributed by atoms with Gasteiger partial charge in [0.2, 0.25) is 0 Å². The highest BCUT2D eigenvalue weighted by atomic mass is 16.5. The summed E-state index contributed by atoms with van der Waals surface area (Å²) in [7, 11) is 1.46. The van der Waals surface area contributed by atoms with Gasteiger partial charge >= 0.3 is 5.97 Å². The van der Waals surface area contributed by atoms with E-state index in [4.69, 9.17) is 4.74 Å². The van der Waals surface area contributed by atoms with Crippen LogP contribution < -0.4 is 0 Å². The Labute approximate surface area is 131 Å². The Bertz CT molecular complexity index is 612. The summed E-state index contributed by atoms with van der Waals surface area (Å²) in [4.78, 5) is 14.7. The van der Waals surface area contributed by atoms with Crippen molar-refractivity contribution in [2.24, 2.45) is 0 Å². The summed E-state index contributed by atoms with van der Waals surface area (Å²) in [6.07, 6.45) is 2.17. The van der Waals surface area contributed by atoms with Gasteiger partial charge in [-0.25, -0.2) is 4.79 Å². The van der Waals surface area contributed by atoms with E-state index in [-0.39, 0.29) is 18.1 Å². The lowest BCUT2D eigenvalue weighted by molar-refractivity contribution is -0.147. The molecule has 0 saturated carbocycles. The van der Waals surface area contributed by atoms with Crippen LogP contribution in [0.15, 0.2) is 60.7 Å². The van der Waals surface area contributed by atoms with Gasteiger partial charge in [-0.2, -0.15) is 0 Å². The van der Waals surface area contributed by atoms with Gasteiger partial charge in [0.05, 0.1) is 7.11 Å². The summed E-state index contributed by atoms with van der Waals surface area (Å²) < 4.78 is 5.08. The van der Waals surface area contributed by atoms with Gasteiger partial charge in [-0.05, 0) is 30.5 Å². The van der Waals surface area contributed by atoms with Crippen molar-refractivity contribution in [3.8, 4) is 0 Å². The van der Waals surface area contributed by atoms with Crippen molar-refractivity contribution in [3.05, 3.63) is 71.8 Å². The Hall–Kier alpha value is -2.13. The van der Waals surface area contributed by atoms with E-state index in [2.05, 4.69) is 29.2 Å². The summed E-state index contributed by atoms with van der Waals surface area (Å²) in [5.74, 6) is -0.186. The highest BCUT2D eigenvalue weighted by molar-refractivity contribution is 5.77. The molecule has 114 valence electrons. The Kier molecular flexibility index (Phi) is 4.54. The second-order valence-electron chi connectivity index (χ2n) is 5.64. The first kappa shape index (κ1) is 14.8. The lowest BCUT2D eigenvalue weighted by atomic mass is 10.0. The van der Waals surface area contributed by atoms with E-state index in [1.165, 1.54) is 12.7 Å². The number of carbonyl (C=O) groups excluding carboxylic acids is 1. The highest BCUT2D eigenvalue weighted by Gasteiger charge is 2.37. The number of rotatable bonds is 4. The molecule has 22 heavy (non-hydrogen) atoms. The first-order valence-electron chi connectivity index (χ1n) is 7.74. The van der Waals surface area contributed by atoms with Gasteiger partial charge < -0.3 is 4.74 Å². The summed E-state index contributed by atoms with van der Waals surface area (Å²) in [6.45, 7) is 0.911. The topological polar surface area (TPSA) is 29.5 Å². The van der Waals surface area contributed by atoms with Crippen molar-refractivity contribution in [3.63, 3.8) is 0 Å². The number of hydrogen-bond donors (Lipinski definition) is 0.